The Kier molecular flexibility index (Phi) is 4.76. The highest BCUT2D eigenvalue weighted by Gasteiger charge is 2.05. The van der Waals surface area contributed by atoms with Gasteiger partial charge in [0, 0.05) is 0 Å². The van der Waals surface area contributed by atoms with Gasteiger partial charge in [0.1, 0.15) is 6.54 Å². The highest BCUT2D eigenvalue weighted by molar-refractivity contribution is 5.89. The molecule has 12 heavy (non-hydrogen) atoms. The summed E-state index contributed by atoms with van der Waals surface area (Å²) in [7, 11) is 0. The van der Waals surface area contributed by atoms with Crippen LogP contribution in [-0.4, -0.2) is 24.5 Å². The van der Waals surface area contributed by atoms with Crippen molar-refractivity contribution in [2.24, 2.45) is 0 Å². The van der Waals surface area contributed by atoms with Crippen LogP contribution in [0.25, 0.3) is 0 Å². The molecule has 0 aromatic carbocycles. The molecule has 68 valence electrons. The van der Waals surface area contributed by atoms with E-state index in [4.69, 9.17) is 4.74 Å². The maximum absolute atomic E-state index is 10.8. The van der Waals surface area contributed by atoms with E-state index >= 15 is 0 Å². The second-order valence-electron chi connectivity index (χ2n) is 2.46. The molecule has 1 amide bonds. The monoisotopic (exact) mass is 171 g/mol. The third kappa shape index (κ3) is 5.46. The Hall–Kier alpha value is -1.32. The minimum Gasteiger partial charge on any atom is -0.462 e. The van der Waals surface area contributed by atoms with Crippen molar-refractivity contribution in [3.8, 4) is 0 Å². The van der Waals surface area contributed by atoms with Crippen molar-refractivity contribution >= 4 is 11.9 Å². The summed E-state index contributed by atoms with van der Waals surface area (Å²) in [5.74, 6) is -0.823. The molecular weight excluding hydrogens is 158 g/mol. The van der Waals surface area contributed by atoms with Gasteiger partial charge in [0.15, 0.2) is 0 Å². The molecule has 0 bridgehead atoms. The molecule has 0 saturated carbocycles. The molecule has 0 atom stereocenters. The predicted octanol–water partition coefficient (Wildman–Crippen LogP) is 0.240. The molecule has 0 aromatic rings. The lowest BCUT2D eigenvalue weighted by Crippen LogP contribution is -2.30. The third-order valence-electron chi connectivity index (χ3n) is 0.960. The van der Waals surface area contributed by atoms with Crippen LogP contribution in [0.15, 0.2) is 12.7 Å². The third-order valence-corrected chi connectivity index (χ3v) is 0.960. The largest absolute Gasteiger partial charge is 0.462 e. The lowest BCUT2D eigenvalue weighted by Gasteiger charge is -2.07. The maximum Gasteiger partial charge on any atom is 0.325 e. The zero-order valence-electron chi connectivity index (χ0n) is 7.29. The van der Waals surface area contributed by atoms with Crippen LogP contribution in [0.4, 0.5) is 0 Å². The van der Waals surface area contributed by atoms with Crippen LogP contribution in [0.3, 0.4) is 0 Å². The van der Waals surface area contributed by atoms with Gasteiger partial charge in [0.25, 0.3) is 0 Å². The molecule has 0 heterocycles. The van der Waals surface area contributed by atoms with Crippen molar-refractivity contribution in [2.45, 2.75) is 20.0 Å². The van der Waals surface area contributed by atoms with E-state index in [1.54, 1.807) is 13.8 Å². The maximum atomic E-state index is 10.8. The fourth-order valence-corrected chi connectivity index (χ4v) is 0.536. The minimum absolute atomic E-state index is 0.108. The van der Waals surface area contributed by atoms with Gasteiger partial charge >= 0.3 is 5.97 Å². The van der Waals surface area contributed by atoms with Crippen LogP contribution >= 0.6 is 0 Å². The SMILES string of the molecule is C=CC(=O)NCC(=O)OC(C)C. The lowest BCUT2D eigenvalue weighted by atomic mass is 10.5. The summed E-state index contributed by atoms with van der Waals surface area (Å²) in [5, 5.41) is 2.31. The number of hydrogen-bond acceptors (Lipinski definition) is 3. The molecule has 1 N–H and O–H groups in total. The fourth-order valence-electron chi connectivity index (χ4n) is 0.536. The number of esters is 1. The predicted molar refractivity (Wildman–Crippen MR) is 44.4 cm³/mol. The van der Waals surface area contributed by atoms with E-state index in [9.17, 15) is 9.59 Å². The molecule has 0 radical (unpaired) electrons. The van der Waals surface area contributed by atoms with Crippen LogP contribution in [0, 0.1) is 0 Å². The Bertz CT molecular complexity index is 187. The number of rotatable bonds is 4. The standard InChI is InChI=1S/C8H13NO3/c1-4-7(10)9-5-8(11)12-6(2)3/h4,6H,1,5H2,2-3H3,(H,9,10). The van der Waals surface area contributed by atoms with Gasteiger partial charge in [-0.15, -0.1) is 0 Å². The Morgan fingerprint density at radius 2 is 2.17 bits per heavy atom. The summed E-state index contributed by atoms with van der Waals surface area (Å²) in [6.07, 6.45) is 0.945. The molecule has 0 aliphatic rings. The Morgan fingerprint density at radius 1 is 1.58 bits per heavy atom. The van der Waals surface area contributed by atoms with Crippen LogP contribution in [-0.2, 0) is 14.3 Å². The molecule has 0 aliphatic carbocycles. The second-order valence-corrected chi connectivity index (χ2v) is 2.46. The van der Waals surface area contributed by atoms with Crippen molar-refractivity contribution < 1.29 is 14.3 Å². The molecule has 0 aromatic heterocycles. The number of hydrogen-bond donors (Lipinski definition) is 1. The van der Waals surface area contributed by atoms with Crippen molar-refractivity contribution in [3.05, 3.63) is 12.7 Å². The molecule has 0 unspecified atom stereocenters. The van der Waals surface area contributed by atoms with Gasteiger partial charge in [-0.1, -0.05) is 6.58 Å². The number of carbonyl (C=O) groups excluding carboxylic acids is 2. The average Bonchev–Trinajstić information content (AvgIpc) is 1.99. The summed E-state index contributed by atoms with van der Waals surface area (Å²) >= 11 is 0. The van der Waals surface area contributed by atoms with Gasteiger partial charge in [0.05, 0.1) is 6.10 Å². The van der Waals surface area contributed by atoms with E-state index in [0.29, 0.717) is 0 Å². The summed E-state index contributed by atoms with van der Waals surface area (Å²) in [4.78, 5) is 21.4. The van der Waals surface area contributed by atoms with Crippen molar-refractivity contribution in [1.29, 1.82) is 0 Å². The zero-order chi connectivity index (χ0) is 9.56. The Morgan fingerprint density at radius 3 is 2.58 bits per heavy atom. The molecule has 0 aliphatic heterocycles. The van der Waals surface area contributed by atoms with Crippen molar-refractivity contribution in [1.82, 2.24) is 5.32 Å². The van der Waals surface area contributed by atoms with E-state index in [1.807, 2.05) is 0 Å². The summed E-state index contributed by atoms with van der Waals surface area (Å²) in [6, 6.07) is 0. The molecule has 0 rings (SSSR count). The molecule has 0 fully saturated rings. The normalized spacial score (nSPS) is 9.25. The van der Waals surface area contributed by atoms with Gasteiger partial charge in [-0.05, 0) is 19.9 Å². The topological polar surface area (TPSA) is 55.4 Å². The molecule has 4 heteroatoms. The average molecular weight is 171 g/mol. The van der Waals surface area contributed by atoms with E-state index in [1.165, 1.54) is 0 Å². The first-order valence-corrected chi connectivity index (χ1v) is 3.66. The quantitative estimate of drug-likeness (QED) is 0.487. The number of amides is 1. The summed E-state index contributed by atoms with van der Waals surface area (Å²) in [6.45, 7) is 6.61. The van der Waals surface area contributed by atoms with Crippen molar-refractivity contribution in [3.63, 3.8) is 0 Å². The Labute approximate surface area is 71.6 Å². The van der Waals surface area contributed by atoms with Gasteiger partial charge in [-0.3, -0.25) is 9.59 Å². The molecule has 0 saturated heterocycles. The smallest absolute Gasteiger partial charge is 0.325 e. The first-order valence-electron chi connectivity index (χ1n) is 3.66. The highest BCUT2D eigenvalue weighted by Crippen LogP contribution is 1.87. The molecule has 0 spiro atoms. The van der Waals surface area contributed by atoms with Crippen LogP contribution < -0.4 is 5.32 Å². The van der Waals surface area contributed by atoms with E-state index < -0.39 is 5.97 Å². The summed E-state index contributed by atoms with van der Waals surface area (Å²) in [5.41, 5.74) is 0. The lowest BCUT2D eigenvalue weighted by molar-refractivity contribution is -0.147. The van der Waals surface area contributed by atoms with Gasteiger partial charge < -0.3 is 10.1 Å². The molecule has 4 nitrogen and oxygen atoms in total. The first kappa shape index (κ1) is 10.7. The van der Waals surface area contributed by atoms with Gasteiger partial charge in [0.2, 0.25) is 5.91 Å². The van der Waals surface area contributed by atoms with Crippen LogP contribution in [0.2, 0.25) is 0 Å². The highest BCUT2D eigenvalue weighted by atomic mass is 16.5. The van der Waals surface area contributed by atoms with E-state index in [0.717, 1.165) is 6.08 Å². The minimum atomic E-state index is -0.444. The zero-order valence-corrected chi connectivity index (χ0v) is 7.29. The van der Waals surface area contributed by atoms with Crippen molar-refractivity contribution in [2.75, 3.05) is 6.54 Å². The van der Waals surface area contributed by atoms with Gasteiger partial charge in [-0.25, -0.2) is 0 Å². The number of nitrogens with one attached hydrogen (secondary N) is 1. The fraction of sp³-hybridized carbons (Fsp3) is 0.500. The first-order chi connectivity index (χ1) is 5.56. The Balaban J connectivity index is 3.57. The van der Waals surface area contributed by atoms with Crippen LogP contribution in [0.1, 0.15) is 13.8 Å². The molecular formula is C8H13NO3. The van der Waals surface area contributed by atoms with Crippen LogP contribution in [0.5, 0.6) is 0 Å². The second kappa shape index (κ2) is 5.35. The van der Waals surface area contributed by atoms with Gasteiger partial charge in [-0.2, -0.15) is 0 Å². The summed E-state index contributed by atoms with van der Waals surface area (Å²) < 4.78 is 4.76. The number of ether oxygens (including phenoxy) is 1. The number of carbonyl (C=O) groups is 2. The van der Waals surface area contributed by atoms with E-state index in [2.05, 4.69) is 11.9 Å². The van der Waals surface area contributed by atoms with E-state index in [-0.39, 0.29) is 18.6 Å².